The summed E-state index contributed by atoms with van der Waals surface area (Å²) < 4.78 is 16.4. The molecule has 2 aliphatic heterocycles. The van der Waals surface area contributed by atoms with Crippen molar-refractivity contribution in [3.8, 4) is 0 Å². The van der Waals surface area contributed by atoms with Gasteiger partial charge in [-0.15, -0.1) is 0 Å². The third-order valence-corrected chi connectivity index (χ3v) is 4.52. The van der Waals surface area contributed by atoms with Crippen LogP contribution in [0.1, 0.15) is 49.0 Å². The Labute approximate surface area is 146 Å². The molecule has 25 heavy (non-hydrogen) atoms. The minimum atomic E-state index is -0.293. The number of hydrogen-bond acceptors (Lipinski definition) is 6. The highest BCUT2D eigenvalue weighted by Gasteiger charge is 2.23. The highest BCUT2D eigenvalue weighted by molar-refractivity contribution is 5.91. The predicted octanol–water partition coefficient (Wildman–Crippen LogP) is 1.11. The van der Waals surface area contributed by atoms with E-state index in [4.69, 9.17) is 13.9 Å². The molecular weight excluding hydrogens is 326 g/mol. The maximum absolute atomic E-state index is 12.1. The molecule has 1 N–H and O–H groups in total. The van der Waals surface area contributed by atoms with E-state index in [-0.39, 0.29) is 36.3 Å². The van der Waals surface area contributed by atoms with Crippen molar-refractivity contribution in [2.45, 2.75) is 51.4 Å². The van der Waals surface area contributed by atoms with E-state index in [0.29, 0.717) is 19.0 Å². The average molecular weight is 351 g/mol. The van der Waals surface area contributed by atoms with Crippen LogP contribution >= 0.6 is 0 Å². The molecule has 138 valence electrons. The van der Waals surface area contributed by atoms with Gasteiger partial charge >= 0.3 is 0 Å². The molecule has 8 heteroatoms. The molecule has 2 fully saturated rings. The molecule has 8 nitrogen and oxygen atoms in total. The van der Waals surface area contributed by atoms with E-state index in [9.17, 15) is 9.59 Å². The fourth-order valence-corrected chi connectivity index (χ4v) is 3.09. The lowest BCUT2D eigenvalue weighted by molar-refractivity contribution is -0.131. The maximum Gasteiger partial charge on any atom is 0.273 e. The third kappa shape index (κ3) is 5.02. The SMILES string of the molecule is CC(=O)N(Cc1nc(C(=O)NCC2CCCO2)co1)CC1CCCO1. The van der Waals surface area contributed by atoms with Crippen molar-refractivity contribution in [2.75, 3.05) is 26.3 Å². The molecule has 0 bridgehead atoms. The Balaban J connectivity index is 1.51. The topological polar surface area (TPSA) is 93.9 Å². The smallest absolute Gasteiger partial charge is 0.273 e. The second-order valence-electron chi connectivity index (χ2n) is 6.51. The maximum atomic E-state index is 12.1. The van der Waals surface area contributed by atoms with Crippen LogP contribution < -0.4 is 5.32 Å². The number of ether oxygens (including phenoxy) is 2. The Morgan fingerprint density at radius 2 is 1.96 bits per heavy atom. The molecule has 0 saturated carbocycles. The zero-order valence-corrected chi connectivity index (χ0v) is 14.5. The summed E-state index contributed by atoms with van der Waals surface area (Å²) in [4.78, 5) is 29.8. The number of nitrogens with one attached hydrogen (secondary N) is 1. The van der Waals surface area contributed by atoms with Crippen LogP contribution in [0.4, 0.5) is 0 Å². The summed E-state index contributed by atoms with van der Waals surface area (Å²) in [5.41, 5.74) is 0.216. The molecule has 0 aliphatic carbocycles. The molecule has 2 atom stereocenters. The van der Waals surface area contributed by atoms with Crippen LogP contribution in [0.5, 0.6) is 0 Å². The van der Waals surface area contributed by atoms with E-state index < -0.39 is 0 Å². The van der Waals surface area contributed by atoms with Crippen molar-refractivity contribution in [3.05, 3.63) is 17.8 Å². The van der Waals surface area contributed by atoms with E-state index >= 15 is 0 Å². The molecule has 0 spiro atoms. The van der Waals surface area contributed by atoms with Crippen molar-refractivity contribution < 1.29 is 23.5 Å². The Hall–Kier alpha value is -1.93. The van der Waals surface area contributed by atoms with Crippen molar-refractivity contribution in [2.24, 2.45) is 0 Å². The van der Waals surface area contributed by atoms with Gasteiger partial charge in [0.05, 0.1) is 18.8 Å². The van der Waals surface area contributed by atoms with Gasteiger partial charge in [0.15, 0.2) is 5.69 Å². The number of carbonyl (C=O) groups excluding carboxylic acids is 2. The largest absolute Gasteiger partial charge is 0.446 e. The molecule has 1 aromatic heterocycles. The van der Waals surface area contributed by atoms with Gasteiger partial charge in [-0.25, -0.2) is 4.98 Å². The minimum absolute atomic E-state index is 0.0630. The van der Waals surface area contributed by atoms with E-state index in [1.807, 2.05) is 0 Å². The second-order valence-corrected chi connectivity index (χ2v) is 6.51. The van der Waals surface area contributed by atoms with Gasteiger partial charge in [-0.3, -0.25) is 9.59 Å². The van der Waals surface area contributed by atoms with Gasteiger partial charge in [0.1, 0.15) is 6.26 Å². The molecule has 0 aromatic carbocycles. The summed E-state index contributed by atoms with van der Waals surface area (Å²) in [6.07, 6.45) is 5.42. The van der Waals surface area contributed by atoms with Crippen LogP contribution in [0.2, 0.25) is 0 Å². The zero-order valence-electron chi connectivity index (χ0n) is 14.5. The van der Waals surface area contributed by atoms with Crippen molar-refractivity contribution in [3.63, 3.8) is 0 Å². The summed E-state index contributed by atoms with van der Waals surface area (Å²) in [6, 6.07) is 0. The number of amides is 2. The molecule has 1 aromatic rings. The van der Waals surface area contributed by atoms with Gasteiger partial charge in [0.25, 0.3) is 5.91 Å². The highest BCUT2D eigenvalue weighted by Crippen LogP contribution is 2.15. The molecule has 2 aliphatic rings. The molecule has 0 radical (unpaired) electrons. The quantitative estimate of drug-likeness (QED) is 0.791. The predicted molar refractivity (Wildman–Crippen MR) is 87.9 cm³/mol. The van der Waals surface area contributed by atoms with Gasteiger partial charge in [-0.05, 0) is 25.7 Å². The molecule has 3 heterocycles. The summed E-state index contributed by atoms with van der Waals surface area (Å²) in [5.74, 6) is -0.0208. The number of carbonyl (C=O) groups is 2. The first kappa shape index (κ1) is 17.9. The van der Waals surface area contributed by atoms with Crippen LogP contribution in [-0.4, -0.2) is 60.2 Å². The lowest BCUT2D eigenvalue weighted by atomic mass is 10.2. The first-order chi connectivity index (χ1) is 12.1. The van der Waals surface area contributed by atoms with E-state index in [2.05, 4.69) is 10.3 Å². The second kappa shape index (κ2) is 8.44. The van der Waals surface area contributed by atoms with E-state index in [0.717, 1.165) is 38.9 Å². The number of oxazole rings is 1. The molecule has 2 saturated heterocycles. The average Bonchev–Trinajstić information content (AvgIpc) is 3.34. The number of aromatic nitrogens is 1. The number of nitrogens with zero attached hydrogens (tertiary/aromatic N) is 2. The van der Waals surface area contributed by atoms with Crippen LogP contribution in [0.3, 0.4) is 0 Å². The van der Waals surface area contributed by atoms with Crippen LogP contribution in [0, 0.1) is 0 Å². The van der Waals surface area contributed by atoms with Gasteiger partial charge in [-0.2, -0.15) is 0 Å². The molecule has 2 amide bonds. The van der Waals surface area contributed by atoms with Crippen LogP contribution in [0.25, 0.3) is 0 Å². The highest BCUT2D eigenvalue weighted by atomic mass is 16.5. The summed E-state index contributed by atoms with van der Waals surface area (Å²) in [7, 11) is 0. The number of rotatable bonds is 7. The lowest BCUT2D eigenvalue weighted by Crippen LogP contribution is -2.35. The van der Waals surface area contributed by atoms with E-state index in [1.54, 1.807) is 4.90 Å². The Morgan fingerprint density at radius 1 is 1.24 bits per heavy atom. The summed E-state index contributed by atoms with van der Waals surface area (Å²) in [5, 5.41) is 2.80. The molecular formula is C17H25N3O5. The first-order valence-electron chi connectivity index (χ1n) is 8.83. The van der Waals surface area contributed by atoms with Gasteiger partial charge in [0, 0.05) is 33.2 Å². The van der Waals surface area contributed by atoms with Crippen LogP contribution in [-0.2, 0) is 20.8 Å². The Morgan fingerprint density at radius 3 is 2.60 bits per heavy atom. The lowest BCUT2D eigenvalue weighted by Gasteiger charge is -2.22. The third-order valence-electron chi connectivity index (χ3n) is 4.52. The first-order valence-corrected chi connectivity index (χ1v) is 8.83. The Kier molecular flexibility index (Phi) is 6.04. The van der Waals surface area contributed by atoms with Gasteiger partial charge < -0.3 is 24.1 Å². The van der Waals surface area contributed by atoms with Crippen LogP contribution in [0.15, 0.2) is 10.7 Å². The monoisotopic (exact) mass is 351 g/mol. The normalized spacial score (nSPS) is 22.9. The zero-order chi connectivity index (χ0) is 17.6. The minimum Gasteiger partial charge on any atom is -0.446 e. The molecule has 3 rings (SSSR count). The van der Waals surface area contributed by atoms with Crippen molar-refractivity contribution in [1.82, 2.24) is 15.2 Å². The molecule has 2 unspecified atom stereocenters. The fraction of sp³-hybridized carbons (Fsp3) is 0.706. The van der Waals surface area contributed by atoms with Crippen molar-refractivity contribution in [1.29, 1.82) is 0 Å². The van der Waals surface area contributed by atoms with E-state index in [1.165, 1.54) is 13.2 Å². The van der Waals surface area contributed by atoms with Gasteiger partial charge in [-0.1, -0.05) is 0 Å². The summed E-state index contributed by atoms with van der Waals surface area (Å²) >= 11 is 0. The summed E-state index contributed by atoms with van der Waals surface area (Å²) in [6.45, 7) is 4.21. The standard InChI is InChI=1S/C17H25N3O5/c1-12(21)20(9-14-5-3-7-24-14)10-16-19-15(11-25-16)17(22)18-8-13-4-2-6-23-13/h11,13-14H,2-10H2,1H3,(H,18,22). The van der Waals surface area contributed by atoms with Gasteiger partial charge in [0.2, 0.25) is 11.8 Å². The number of hydrogen-bond donors (Lipinski definition) is 1. The van der Waals surface area contributed by atoms with Crippen molar-refractivity contribution >= 4 is 11.8 Å². The fourth-order valence-electron chi connectivity index (χ4n) is 3.09. The Bertz CT molecular complexity index is 591.